The van der Waals surface area contributed by atoms with E-state index < -0.39 is 36.5 Å². The van der Waals surface area contributed by atoms with Gasteiger partial charge in [0, 0.05) is 0 Å². The van der Waals surface area contributed by atoms with E-state index in [9.17, 15) is 19.8 Å². The summed E-state index contributed by atoms with van der Waals surface area (Å²) in [6.07, 6.45) is -5.41. The van der Waals surface area contributed by atoms with Crippen molar-refractivity contribution in [1.29, 1.82) is 0 Å². The molecule has 0 unspecified atom stereocenters. The standard InChI is InChI=1S/C19H18O7/c20-14-11-24-19(23)16(26-18(22)13-9-5-2-6-10-13)15(14)25-17(21)12-7-3-1-4-8-12/h1-10,14-16,19-20,23H,11H2/t14-,15+,16+,19+/m0/s1. The summed E-state index contributed by atoms with van der Waals surface area (Å²) in [5.74, 6) is -1.43. The number of hydrogen-bond donors (Lipinski definition) is 2. The summed E-state index contributed by atoms with van der Waals surface area (Å²) in [6.45, 7) is -0.257. The molecule has 26 heavy (non-hydrogen) atoms. The zero-order valence-electron chi connectivity index (χ0n) is 13.7. The van der Waals surface area contributed by atoms with Gasteiger partial charge in [0.2, 0.25) is 0 Å². The van der Waals surface area contributed by atoms with Crippen LogP contribution >= 0.6 is 0 Å². The summed E-state index contributed by atoms with van der Waals surface area (Å²) < 4.78 is 15.6. The zero-order chi connectivity index (χ0) is 18.5. The Labute approximate surface area is 149 Å². The largest absolute Gasteiger partial charge is 0.452 e. The van der Waals surface area contributed by atoms with Crippen molar-refractivity contribution in [2.75, 3.05) is 6.61 Å². The maximum absolute atomic E-state index is 12.3. The monoisotopic (exact) mass is 358 g/mol. The van der Waals surface area contributed by atoms with Gasteiger partial charge in [0.15, 0.2) is 18.5 Å². The van der Waals surface area contributed by atoms with Crippen LogP contribution in [-0.4, -0.2) is 53.4 Å². The Bertz CT molecular complexity index is 681. The third-order valence-electron chi connectivity index (χ3n) is 3.93. The van der Waals surface area contributed by atoms with E-state index in [0.29, 0.717) is 0 Å². The molecule has 4 atom stereocenters. The summed E-state index contributed by atoms with van der Waals surface area (Å²) >= 11 is 0. The minimum Gasteiger partial charge on any atom is -0.452 e. The molecule has 2 aromatic carbocycles. The summed E-state index contributed by atoms with van der Waals surface area (Å²) in [6, 6.07) is 16.3. The van der Waals surface area contributed by atoms with E-state index in [4.69, 9.17) is 14.2 Å². The Morgan fingerprint density at radius 1 is 0.808 bits per heavy atom. The Hall–Kier alpha value is -2.74. The minimum atomic E-state index is -1.53. The highest BCUT2D eigenvalue weighted by atomic mass is 16.7. The van der Waals surface area contributed by atoms with Crippen LogP contribution in [0.5, 0.6) is 0 Å². The van der Waals surface area contributed by atoms with Gasteiger partial charge in [-0.3, -0.25) is 0 Å². The highest BCUT2D eigenvalue weighted by Crippen LogP contribution is 2.23. The molecule has 1 aliphatic rings. The van der Waals surface area contributed by atoms with Crippen molar-refractivity contribution < 1.29 is 34.0 Å². The average molecular weight is 358 g/mol. The molecule has 0 amide bonds. The fourth-order valence-electron chi connectivity index (χ4n) is 2.57. The second kappa shape index (κ2) is 8.09. The fraction of sp³-hybridized carbons (Fsp3) is 0.263. The normalized spacial score (nSPS) is 25.3. The van der Waals surface area contributed by atoms with Gasteiger partial charge in [0.05, 0.1) is 17.7 Å². The van der Waals surface area contributed by atoms with Crippen LogP contribution < -0.4 is 0 Å². The topological polar surface area (TPSA) is 102 Å². The molecule has 0 radical (unpaired) electrons. The van der Waals surface area contributed by atoms with E-state index in [1.54, 1.807) is 60.7 Å². The van der Waals surface area contributed by atoms with Crippen LogP contribution in [0.4, 0.5) is 0 Å². The number of rotatable bonds is 4. The van der Waals surface area contributed by atoms with Crippen LogP contribution in [0.25, 0.3) is 0 Å². The molecule has 7 heteroatoms. The van der Waals surface area contributed by atoms with Gasteiger partial charge in [-0.2, -0.15) is 0 Å². The lowest BCUT2D eigenvalue weighted by molar-refractivity contribution is -0.251. The van der Waals surface area contributed by atoms with Crippen molar-refractivity contribution in [2.45, 2.75) is 24.6 Å². The summed E-state index contributed by atoms with van der Waals surface area (Å²) in [5, 5.41) is 20.2. The third-order valence-corrected chi connectivity index (χ3v) is 3.93. The number of hydrogen-bond acceptors (Lipinski definition) is 7. The molecule has 0 aromatic heterocycles. The Morgan fingerprint density at radius 2 is 1.27 bits per heavy atom. The molecule has 7 nitrogen and oxygen atoms in total. The SMILES string of the molecule is O=C(O[C@@H]1[C@H](OC(=O)c2ccccc2)[C@@H](O)CO[C@H]1O)c1ccccc1. The number of carbonyl (C=O) groups is 2. The second-order valence-electron chi connectivity index (χ2n) is 5.76. The Balaban J connectivity index is 1.76. The molecule has 3 rings (SSSR count). The minimum absolute atomic E-state index is 0.257. The summed E-state index contributed by atoms with van der Waals surface area (Å²) in [4.78, 5) is 24.5. The van der Waals surface area contributed by atoms with Gasteiger partial charge in [-0.05, 0) is 24.3 Å². The van der Waals surface area contributed by atoms with E-state index in [2.05, 4.69) is 0 Å². The Kier molecular flexibility index (Phi) is 5.62. The van der Waals surface area contributed by atoms with E-state index in [-0.39, 0.29) is 17.7 Å². The average Bonchev–Trinajstić information content (AvgIpc) is 2.68. The van der Waals surface area contributed by atoms with Crippen molar-refractivity contribution in [3.05, 3.63) is 71.8 Å². The van der Waals surface area contributed by atoms with Crippen LogP contribution in [0.2, 0.25) is 0 Å². The lowest BCUT2D eigenvalue weighted by Crippen LogP contribution is -2.56. The van der Waals surface area contributed by atoms with Crippen LogP contribution in [0.15, 0.2) is 60.7 Å². The molecule has 1 heterocycles. The van der Waals surface area contributed by atoms with Gasteiger partial charge in [0.1, 0.15) is 6.10 Å². The zero-order valence-corrected chi connectivity index (χ0v) is 13.7. The first-order chi connectivity index (χ1) is 12.6. The molecular weight excluding hydrogens is 340 g/mol. The van der Waals surface area contributed by atoms with Crippen molar-refractivity contribution in [3.63, 3.8) is 0 Å². The van der Waals surface area contributed by atoms with Crippen LogP contribution in [-0.2, 0) is 14.2 Å². The van der Waals surface area contributed by atoms with Gasteiger partial charge in [-0.1, -0.05) is 36.4 Å². The first-order valence-corrected chi connectivity index (χ1v) is 8.06. The molecule has 1 fully saturated rings. The Morgan fingerprint density at radius 3 is 1.77 bits per heavy atom. The molecule has 0 aliphatic carbocycles. The second-order valence-corrected chi connectivity index (χ2v) is 5.76. The summed E-state index contributed by atoms with van der Waals surface area (Å²) in [7, 11) is 0. The predicted molar refractivity (Wildman–Crippen MR) is 89.3 cm³/mol. The van der Waals surface area contributed by atoms with Crippen molar-refractivity contribution >= 4 is 11.9 Å². The van der Waals surface area contributed by atoms with Crippen molar-refractivity contribution in [3.8, 4) is 0 Å². The molecule has 2 aromatic rings. The third kappa shape index (κ3) is 4.08. The van der Waals surface area contributed by atoms with Gasteiger partial charge in [0.25, 0.3) is 0 Å². The molecule has 0 saturated carbocycles. The number of benzene rings is 2. The van der Waals surface area contributed by atoms with Gasteiger partial charge >= 0.3 is 11.9 Å². The van der Waals surface area contributed by atoms with Gasteiger partial charge < -0.3 is 24.4 Å². The number of aliphatic hydroxyl groups is 2. The van der Waals surface area contributed by atoms with Crippen LogP contribution in [0, 0.1) is 0 Å². The lowest BCUT2D eigenvalue weighted by atomic mass is 10.0. The molecule has 0 spiro atoms. The first kappa shape index (κ1) is 18.1. The van der Waals surface area contributed by atoms with Crippen LogP contribution in [0.3, 0.4) is 0 Å². The highest BCUT2D eigenvalue weighted by molar-refractivity contribution is 5.90. The molecular formula is C19H18O7. The maximum atomic E-state index is 12.3. The number of esters is 2. The molecule has 0 bridgehead atoms. The van der Waals surface area contributed by atoms with E-state index in [0.717, 1.165) is 0 Å². The molecule has 1 saturated heterocycles. The van der Waals surface area contributed by atoms with Crippen LogP contribution in [0.1, 0.15) is 20.7 Å². The maximum Gasteiger partial charge on any atom is 0.338 e. The van der Waals surface area contributed by atoms with Gasteiger partial charge in [-0.15, -0.1) is 0 Å². The molecule has 1 aliphatic heterocycles. The highest BCUT2D eigenvalue weighted by Gasteiger charge is 2.44. The van der Waals surface area contributed by atoms with Crippen molar-refractivity contribution in [1.82, 2.24) is 0 Å². The number of ether oxygens (including phenoxy) is 3. The van der Waals surface area contributed by atoms with Gasteiger partial charge in [-0.25, -0.2) is 9.59 Å². The molecule has 2 N–H and O–H groups in total. The van der Waals surface area contributed by atoms with Crippen molar-refractivity contribution in [2.24, 2.45) is 0 Å². The summed E-state index contributed by atoms with van der Waals surface area (Å²) in [5.41, 5.74) is 0.529. The van der Waals surface area contributed by atoms with E-state index in [1.807, 2.05) is 0 Å². The fourth-order valence-corrected chi connectivity index (χ4v) is 2.57. The quantitative estimate of drug-likeness (QED) is 0.790. The predicted octanol–water partition coefficient (Wildman–Crippen LogP) is 1.15. The number of carbonyl (C=O) groups excluding carboxylic acids is 2. The van der Waals surface area contributed by atoms with E-state index in [1.165, 1.54) is 0 Å². The lowest BCUT2D eigenvalue weighted by Gasteiger charge is -2.37. The molecule has 136 valence electrons. The first-order valence-electron chi connectivity index (χ1n) is 8.06. The van der Waals surface area contributed by atoms with E-state index >= 15 is 0 Å². The number of aliphatic hydroxyl groups excluding tert-OH is 2. The smallest absolute Gasteiger partial charge is 0.338 e.